The van der Waals surface area contributed by atoms with Gasteiger partial charge in [-0.3, -0.25) is 0 Å². The number of unbranched alkanes of at least 4 members (excludes halogenated alkanes) is 4. The second-order valence-electron chi connectivity index (χ2n) is 19.6. The zero-order chi connectivity index (χ0) is 52.6. The Morgan fingerprint density at radius 2 is 0.764 bits per heavy atom. The van der Waals surface area contributed by atoms with E-state index in [4.69, 9.17) is 61.6 Å². The lowest BCUT2D eigenvalue weighted by Gasteiger charge is -2.51. The van der Waals surface area contributed by atoms with Crippen molar-refractivity contribution in [3.8, 4) is 0 Å². The number of hydrogen-bond acceptors (Lipinski definition) is 24. The monoisotopic (exact) mass is 1050 g/mol. The molecule has 5 heterocycles. The first-order valence-electron chi connectivity index (χ1n) is 26.1. The van der Waals surface area contributed by atoms with Crippen molar-refractivity contribution in [3.05, 3.63) is 0 Å². The van der Waals surface area contributed by atoms with E-state index in [0.717, 1.165) is 44.9 Å². The van der Waals surface area contributed by atoms with E-state index >= 15 is 0 Å². The minimum atomic E-state index is -1.95. The molecule has 0 saturated carbocycles. The Labute approximate surface area is 422 Å². The van der Waals surface area contributed by atoms with Crippen LogP contribution in [0.3, 0.4) is 0 Å². The number of hydrogen-bond donors (Lipinski definition) is 11. The summed E-state index contributed by atoms with van der Waals surface area (Å²) < 4.78 is 81.1. The molecule has 5 fully saturated rings. The number of ether oxygens (including phenoxy) is 13. The fourth-order valence-electron chi connectivity index (χ4n) is 9.31. The van der Waals surface area contributed by atoms with Crippen LogP contribution in [0.4, 0.5) is 0 Å². The molecule has 5 aliphatic rings. The maximum Gasteiger partial charge on any atom is 0.187 e. The van der Waals surface area contributed by atoms with Gasteiger partial charge >= 0.3 is 0 Å². The third-order valence-electron chi connectivity index (χ3n) is 14.0. The van der Waals surface area contributed by atoms with Crippen LogP contribution < -0.4 is 0 Å². The topological polar surface area (TPSA) is 343 Å². The van der Waals surface area contributed by atoms with Gasteiger partial charge in [-0.05, 0) is 25.7 Å². The second-order valence-corrected chi connectivity index (χ2v) is 19.6. The van der Waals surface area contributed by atoms with Crippen molar-refractivity contribution in [1.82, 2.24) is 0 Å². The molecule has 0 spiro atoms. The van der Waals surface area contributed by atoms with E-state index in [2.05, 4.69) is 6.92 Å². The van der Waals surface area contributed by atoms with E-state index in [0.29, 0.717) is 26.2 Å². The minimum Gasteiger partial charge on any atom is -0.394 e. The molecule has 0 aromatic rings. The van der Waals surface area contributed by atoms with E-state index in [1.54, 1.807) is 0 Å². The molecule has 0 aromatic carbocycles. The molecule has 5 rings (SSSR count). The van der Waals surface area contributed by atoms with Crippen LogP contribution in [0.5, 0.6) is 0 Å². The quantitative estimate of drug-likeness (QED) is 0.0358. The molecule has 0 bridgehead atoms. The highest BCUT2D eigenvalue weighted by atomic mass is 16.8. The maximum atomic E-state index is 12.1. The van der Waals surface area contributed by atoms with Crippen LogP contribution in [0, 0.1) is 11.8 Å². The van der Waals surface area contributed by atoms with E-state index in [1.165, 1.54) is 0 Å². The molecule has 0 aromatic heterocycles. The van der Waals surface area contributed by atoms with Gasteiger partial charge in [0.05, 0.1) is 45.2 Å². The summed E-state index contributed by atoms with van der Waals surface area (Å²) in [5.74, 6) is -1.15. The van der Waals surface area contributed by atoms with Crippen LogP contribution >= 0.6 is 0 Å². The minimum absolute atomic E-state index is 0.0684. The molecule has 0 radical (unpaired) electrons. The van der Waals surface area contributed by atoms with Crippen molar-refractivity contribution in [2.45, 2.75) is 234 Å². The molecule has 5 aliphatic heterocycles. The molecule has 424 valence electrons. The largest absolute Gasteiger partial charge is 0.394 e. The average Bonchev–Trinajstić information content (AvgIpc) is 3.37. The molecule has 24 heteroatoms. The second kappa shape index (κ2) is 30.8. The van der Waals surface area contributed by atoms with E-state index < -0.39 is 173 Å². The molecule has 0 amide bonds. The Morgan fingerprint density at radius 3 is 1.29 bits per heavy atom. The van der Waals surface area contributed by atoms with Gasteiger partial charge in [0.15, 0.2) is 31.5 Å². The van der Waals surface area contributed by atoms with Crippen molar-refractivity contribution in [2.24, 2.45) is 11.8 Å². The summed E-state index contributed by atoms with van der Waals surface area (Å²) in [6.07, 6.45) is -27.1. The Bertz CT molecular complexity index is 1470. The van der Waals surface area contributed by atoms with Gasteiger partial charge in [-0.1, -0.05) is 67.2 Å². The van der Waals surface area contributed by atoms with Crippen molar-refractivity contribution in [1.29, 1.82) is 0 Å². The summed E-state index contributed by atoms with van der Waals surface area (Å²) in [5, 5.41) is 118. The fraction of sp³-hybridized carbons (Fsp3) is 1.00. The highest BCUT2D eigenvalue weighted by molar-refractivity contribution is 4.98. The summed E-state index contributed by atoms with van der Waals surface area (Å²) in [4.78, 5) is 0. The average molecular weight is 1050 g/mol. The van der Waals surface area contributed by atoms with Crippen LogP contribution in [-0.2, 0) is 61.6 Å². The van der Waals surface area contributed by atoms with E-state index in [1.807, 2.05) is 34.6 Å². The Kier molecular flexibility index (Phi) is 26.5. The lowest BCUT2D eigenvalue weighted by Crippen LogP contribution is -2.67. The predicted octanol–water partition coefficient (Wildman–Crippen LogP) is -2.08. The first-order valence-corrected chi connectivity index (χ1v) is 26.1. The van der Waals surface area contributed by atoms with Crippen LogP contribution in [-0.4, -0.2) is 257 Å². The number of aliphatic hydroxyl groups is 11. The third-order valence-corrected chi connectivity index (χ3v) is 14.0. The molecule has 11 unspecified atom stereocenters. The molecule has 72 heavy (non-hydrogen) atoms. The standard InChI is InChI=1S/C48H88O24/c1-7-11-15-60-21-29-41(39(62-17-13-9-3)24(5)44(59)65-29)70-45-25(6)40(63-18-14-10-4)42(30(69-45)22-61-16-12-8-2)71-48-38(58)43(72-47-37(57)35(55)32(52)27(20-50)67-47)33(53)28(68-48)23-64-46-36(56)34(54)31(51)26(19-49)66-46/h24-59H,7-23H2,1-6H3/t24?,25-,26?,27?,28?,29?,30?,31+,32-,33+,34?,35?,36+,37-,38+,39+,40?,41+,42+,43?,44?,45-,46-,47-,48-/m0/s1. The van der Waals surface area contributed by atoms with E-state index in [9.17, 15) is 56.2 Å². The molecule has 24 nitrogen and oxygen atoms in total. The van der Waals surface area contributed by atoms with E-state index in [-0.39, 0.29) is 19.8 Å². The van der Waals surface area contributed by atoms with Crippen LogP contribution in [0.1, 0.15) is 92.9 Å². The fourth-order valence-corrected chi connectivity index (χ4v) is 9.31. The van der Waals surface area contributed by atoms with Gasteiger partial charge in [0.25, 0.3) is 0 Å². The van der Waals surface area contributed by atoms with Crippen LogP contribution in [0.25, 0.3) is 0 Å². The van der Waals surface area contributed by atoms with Gasteiger partial charge in [0.2, 0.25) is 0 Å². The van der Waals surface area contributed by atoms with Crippen molar-refractivity contribution >= 4 is 0 Å². The summed E-state index contributed by atoms with van der Waals surface area (Å²) in [7, 11) is 0. The first-order chi connectivity index (χ1) is 34.6. The zero-order valence-electron chi connectivity index (χ0n) is 42.7. The molecule has 0 aliphatic carbocycles. The highest BCUT2D eigenvalue weighted by Gasteiger charge is 2.56. The Balaban J connectivity index is 1.49. The molecule has 25 atom stereocenters. The SMILES string of the molecule is CCCCOCC1O[C@@H](O[C@@H]2C(COCCCC)OC(O)C(C)[C@H]2OCCCC)[C@@H](C)C(OCCCC)[C@@H]1O[C@@H]1OC(CO[C@H]2OC(CO)[C@@H](O)C(O)[C@H]2O)[C@@H](O)C(O[C@@H]2OC(CO)[C@H](O)C(O)[C@@H]2O)[C@H]1O. The first kappa shape index (κ1) is 61.9. The van der Waals surface area contributed by atoms with Crippen LogP contribution in [0.2, 0.25) is 0 Å². The van der Waals surface area contributed by atoms with Crippen molar-refractivity contribution in [2.75, 3.05) is 59.5 Å². The highest BCUT2D eigenvalue weighted by Crippen LogP contribution is 2.39. The van der Waals surface area contributed by atoms with Crippen LogP contribution in [0.15, 0.2) is 0 Å². The summed E-state index contributed by atoms with van der Waals surface area (Å²) >= 11 is 0. The van der Waals surface area contributed by atoms with Gasteiger partial charge in [0, 0.05) is 38.3 Å². The Morgan fingerprint density at radius 1 is 0.347 bits per heavy atom. The summed E-state index contributed by atoms with van der Waals surface area (Å²) in [6.45, 7) is 11.1. The molecule has 5 saturated heterocycles. The molecule has 11 N–H and O–H groups in total. The van der Waals surface area contributed by atoms with Gasteiger partial charge in [-0.15, -0.1) is 0 Å². The molecular formula is C48H88O24. The van der Waals surface area contributed by atoms with Crippen molar-refractivity contribution in [3.63, 3.8) is 0 Å². The summed E-state index contributed by atoms with van der Waals surface area (Å²) in [5.41, 5.74) is 0. The Hall–Kier alpha value is -0.960. The third kappa shape index (κ3) is 15.8. The zero-order valence-corrected chi connectivity index (χ0v) is 42.7. The van der Waals surface area contributed by atoms with Crippen molar-refractivity contribution < 1.29 is 118 Å². The predicted molar refractivity (Wildman–Crippen MR) is 247 cm³/mol. The number of rotatable bonds is 29. The number of aliphatic hydroxyl groups excluding tert-OH is 11. The van der Waals surface area contributed by atoms with Gasteiger partial charge in [-0.2, -0.15) is 0 Å². The normalized spacial score (nSPS) is 44.0. The van der Waals surface area contributed by atoms with Gasteiger partial charge in [0.1, 0.15) is 97.7 Å². The smallest absolute Gasteiger partial charge is 0.187 e. The van der Waals surface area contributed by atoms with Gasteiger partial charge < -0.3 is 118 Å². The lowest BCUT2D eigenvalue weighted by molar-refractivity contribution is -0.389. The lowest BCUT2D eigenvalue weighted by atomic mass is 9.89. The van der Waals surface area contributed by atoms with Gasteiger partial charge in [-0.25, -0.2) is 0 Å². The molecular weight excluding hydrogens is 961 g/mol. The maximum absolute atomic E-state index is 12.1. The summed E-state index contributed by atoms with van der Waals surface area (Å²) in [6, 6.07) is 0.